The van der Waals surface area contributed by atoms with E-state index in [4.69, 9.17) is 9.47 Å². The molecule has 0 bridgehead atoms. The summed E-state index contributed by atoms with van der Waals surface area (Å²) in [6.45, 7) is 5.16. The van der Waals surface area contributed by atoms with Gasteiger partial charge in [-0.3, -0.25) is 0 Å². The lowest BCUT2D eigenvalue weighted by Crippen LogP contribution is -2.35. The molecule has 1 aliphatic rings. The van der Waals surface area contributed by atoms with Crippen LogP contribution in [0.2, 0.25) is 0 Å². The quantitative estimate of drug-likeness (QED) is 0.137. The number of sulfone groups is 2. The van der Waals surface area contributed by atoms with Crippen molar-refractivity contribution in [2.75, 3.05) is 13.2 Å². The molecule has 0 heterocycles. The fraction of sp³-hybridized carbons (Fsp3) is 0.560. The second-order valence-corrected chi connectivity index (χ2v) is 13.2. The molecule has 0 atom stereocenters. The van der Waals surface area contributed by atoms with Crippen molar-refractivity contribution in [2.24, 2.45) is 0 Å². The number of unbranched alkanes of at least 4 members (excludes halogenated alkanes) is 2. The number of nitrogens with zero attached hydrogens (tertiary/aromatic N) is 2. The summed E-state index contributed by atoms with van der Waals surface area (Å²) < 4.78 is 63.4. The molecule has 0 aromatic heterocycles. The standard InChI is InChI=1S/C25H34N2O6S2/c1-3-5-14-32-23-17-19-12-13-22(16-20(19)18-24(23)33-15-6-4-2)35(30,31)25(27-26)34(28,29)21-10-8-7-9-11-21/h12-13,16-18,21H,3-11,14-15H2,1-2H3. The molecule has 0 saturated heterocycles. The Morgan fingerprint density at radius 3 is 2.00 bits per heavy atom. The fourth-order valence-electron chi connectivity index (χ4n) is 4.16. The number of hydrogen-bond donors (Lipinski definition) is 0. The number of benzene rings is 2. The maximum atomic E-state index is 13.3. The minimum absolute atomic E-state index is 0.253. The molecule has 0 unspecified atom stereocenters. The van der Waals surface area contributed by atoms with Crippen LogP contribution in [0.1, 0.15) is 71.6 Å². The average Bonchev–Trinajstić information content (AvgIpc) is 2.84. The lowest BCUT2D eigenvalue weighted by molar-refractivity contribution is 0.00370. The predicted octanol–water partition coefficient (Wildman–Crippen LogP) is 5.30. The summed E-state index contributed by atoms with van der Waals surface area (Å²) in [6, 6.07) is 7.80. The van der Waals surface area contributed by atoms with Gasteiger partial charge in [0, 0.05) is 0 Å². The first-order valence-corrected chi connectivity index (χ1v) is 15.3. The van der Waals surface area contributed by atoms with Gasteiger partial charge in [-0.2, -0.15) is 0 Å². The smallest absolute Gasteiger partial charge is 0.490 e. The van der Waals surface area contributed by atoms with Gasteiger partial charge in [0.05, 0.1) is 23.4 Å². The van der Waals surface area contributed by atoms with Gasteiger partial charge < -0.3 is 15.0 Å². The number of hydrogen-bond acceptors (Lipinski definition) is 6. The van der Waals surface area contributed by atoms with E-state index in [1.54, 1.807) is 18.2 Å². The zero-order valence-corrected chi connectivity index (χ0v) is 22.0. The first-order valence-electron chi connectivity index (χ1n) is 12.3. The first-order chi connectivity index (χ1) is 16.7. The van der Waals surface area contributed by atoms with Crippen LogP contribution in [0.25, 0.3) is 16.3 Å². The maximum Gasteiger partial charge on any atom is 0.499 e. The summed E-state index contributed by atoms with van der Waals surface area (Å²) in [5.41, 5.74) is 9.50. The van der Waals surface area contributed by atoms with E-state index in [0.29, 0.717) is 55.8 Å². The molecule has 0 aliphatic heterocycles. The second kappa shape index (κ2) is 12.0. The third-order valence-electron chi connectivity index (χ3n) is 6.24. The summed E-state index contributed by atoms with van der Waals surface area (Å²) in [6.07, 6.45) is 6.70. The molecular formula is C25H34N2O6S2. The van der Waals surface area contributed by atoms with Crippen molar-refractivity contribution in [3.8, 4) is 11.5 Å². The Hall–Kier alpha value is -2.42. The van der Waals surface area contributed by atoms with Gasteiger partial charge in [-0.1, -0.05) is 52.0 Å². The Bertz CT molecular complexity index is 1290. The molecule has 0 amide bonds. The van der Waals surface area contributed by atoms with Crippen LogP contribution in [0.4, 0.5) is 0 Å². The minimum atomic E-state index is -4.57. The van der Waals surface area contributed by atoms with Gasteiger partial charge in [0.2, 0.25) is 0 Å². The molecule has 1 fully saturated rings. The molecular weight excluding hydrogens is 488 g/mol. The lowest BCUT2D eigenvalue weighted by atomic mass is 10.0. The molecule has 1 saturated carbocycles. The Morgan fingerprint density at radius 2 is 1.46 bits per heavy atom. The molecule has 0 N–H and O–H groups in total. The van der Waals surface area contributed by atoms with Gasteiger partial charge in [-0.15, -0.1) is 4.79 Å². The minimum Gasteiger partial charge on any atom is -0.490 e. The Kier molecular flexibility index (Phi) is 9.33. The SMILES string of the molecule is CCCCOc1cc2ccc(S(=O)(=O)C(=[N+]=[N-])S(=O)(=O)C3CCCCC3)cc2cc1OCCCC. The van der Waals surface area contributed by atoms with Gasteiger partial charge in [0.25, 0.3) is 19.7 Å². The van der Waals surface area contributed by atoms with Crippen LogP contribution >= 0.6 is 0 Å². The van der Waals surface area contributed by atoms with Crippen molar-refractivity contribution in [3.63, 3.8) is 0 Å². The van der Waals surface area contributed by atoms with Crippen LogP contribution in [0.5, 0.6) is 11.5 Å². The van der Waals surface area contributed by atoms with Gasteiger partial charge >= 0.3 is 4.38 Å². The van der Waals surface area contributed by atoms with Crippen molar-refractivity contribution in [2.45, 2.75) is 81.8 Å². The van der Waals surface area contributed by atoms with Crippen LogP contribution in [0.3, 0.4) is 0 Å². The van der Waals surface area contributed by atoms with Crippen LogP contribution in [0.15, 0.2) is 35.2 Å². The molecule has 192 valence electrons. The molecule has 8 nitrogen and oxygen atoms in total. The van der Waals surface area contributed by atoms with Gasteiger partial charge in [0.15, 0.2) is 11.5 Å². The van der Waals surface area contributed by atoms with E-state index < -0.39 is 29.3 Å². The Labute approximate surface area is 208 Å². The molecule has 2 aromatic carbocycles. The number of ether oxygens (including phenoxy) is 2. The molecule has 1 aliphatic carbocycles. The van der Waals surface area contributed by atoms with E-state index in [1.807, 2.05) is 0 Å². The van der Waals surface area contributed by atoms with E-state index in [1.165, 1.54) is 12.1 Å². The average molecular weight is 523 g/mol. The zero-order valence-electron chi connectivity index (χ0n) is 20.4. The topological polar surface area (TPSA) is 123 Å². The van der Waals surface area contributed by atoms with E-state index in [9.17, 15) is 22.4 Å². The zero-order chi connectivity index (χ0) is 25.5. The van der Waals surface area contributed by atoms with E-state index in [0.717, 1.165) is 37.5 Å². The van der Waals surface area contributed by atoms with E-state index in [-0.39, 0.29) is 4.90 Å². The summed E-state index contributed by atoms with van der Waals surface area (Å²) in [5.74, 6) is 1.08. The highest BCUT2D eigenvalue weighted by Gasteiger charge is 2.47. The molecule has 10 heteroatoms. The second-order valence-electron chi connectivity index (χ2n) is 8.89. The monoisotopic (exact) mass is 522 g/mol. The normalized spacial score (nSPS) is 15.0. The van der Waals surface area contributed by atoms with Crippen molar-refractivity contribution in [3.05, 3.63) is 35.9 Å². The summed E-state index contributed by atoms with van der Waals surface area (Å²) >= 11 is 0. The fourth-order valence-corrected chi connectivity index (χ4v) is 8.27. The molecule has 3 rings (SSSR count). The van der Waals surface area contributed by atoms with Crippen molar-refractivity contribution in [1.29, 1.82) is 0 Å². The molecule has 2 aromatic rings. The highest BCUT2D eigenvalue weighted by molar-refractivity contribution is 8.31. The van der Waals surface area contributed by atoms with Gasteiger partial charge in [-0.25, -0.2) is 16.8 Å². The first kappa shape index (κ1) is 27.2. The maximum absolute atomic E-state index is 13.3. The molecule has 0 spiro atoms. The predicted molar refractivity (Wildman–Crippen MR) is 136 cm³/mol. The van der Waals surface area contributed by atoms with Crippen LogP contribution in [-0.2, 0) is 19.7 Å². The number of fused-ring (bicyclic) bond motifs is 1. The Balaban J connectivity index is 2.01. The lowest BCUT2D eigenvalue weighted by Gasteiger charge is -2.19. The number of rotatable bonds is 10. The van der Waals surface area contributed by atoms with Crippen molar-refractivity contribution < 1.29 is 31.1 Å². The van der Waals surface area contributed by atoms with Crippen LogP contribution < -0.4 is 9.47 Å². The van der Waals surface area contributed by atoms with Crippen molar-refractivity contribution in [1.82, 2.24) is 0 Å². The highest BCUT2D eigenvalue weighted by Crippen LogP contribution is 2.35. The summed E-state index contributed by atoms with van der Waals surface area (Å²) in [5, 5.41) is 0.405. The summed E-state index contributed by atoms with van der Waals surface area (Å²) in [7, 11) is -8.88. The van der Waals surface area contributed by atoms with E-state index >= 15 is 0 Å². The largest absolute Gasteiger partial charge is 0.499 e. The van der Waals surface area contributed by atoms with Crippen LogP contribution in [-0.4, -0.2) is 44.5 Å². The van der Waals surface area contributed by atoms with Gasteiger partial charge in [-0.05, 0) is 60.7 Å². The van der Waals surface area contributed by atoms with Crippen LogP contribution in [0, 0.1) is 0 Å². The Morgan fingerprint density at radius 1 is 0.886 bits per heavy atom. The van der Waals surface area contributed by atoms with Gasteiger partial charge in [0.1, 0.15) is 0 Å². The highest BCUT2D eigenvalue weighted by atomic mass is 32.3. The third kappa shape index (κ3) is 6.23. The molecule has 0 radical (unpaired) electrons. The van der Waals surface area contributed by atoms with Crippen molar-refractivity contribution >= 4 is 34.8 Å². The third-order valence-corrected chi connectivity index (χ3v) is 10.9. The molecule has 35 heavy (non-hydrogen) atoms. The van der Waals surface area contributed by atoms with E-state index in [2.05, 4.69) is 18.6 Å². The summed E-state index contributed by atoms with van der Waals surface area (Å²) in [4.78, 5) is 2.53.